The number of amides is 1. The Morgan fingerprint density at radius 2 is 1.63 bits per heavy atom. The van der Waals surface area contributed by atoms with Crippen LogP contribution in [0.15, 0.2) is 48.5 Å². The van der Waals surface area contributed by atoms with Gasteiger partial charge >= 0.3 is 5.97 Å². The van der Waals surface area contributed by atoms with Gasteiger partial charge in [-0.15, -0.1) is 0 Å². The van der Waals surface area contributed by atoms with Crippen molar-refractivity contribution in [3.05, 3.63) is 70.8 Å². The van der Waals surface area contributed by atoms with Gasteiger partial charge in [0, 0.05) is 17.2 Å². The molecule has 5 heteroatoms. The van der Waals surface area contributed by atoms with Crippen molar-refractivity contribution in [2.75, 3.05) is 6.61 Å². The molecule has 1 atom stereocenters. The quantitative estimate of drug-likeness (QED) is 0.570. The predicted octanol–water partition coefficient (Wildman–Crippen LogP) is 3.69. The summed E-state index contributed by atoms with van der Waals surface area (Å²) in [7, 11) is 0. The SMILES string of the molecule is CCC[C@@H](C)NC(=O)COC(=O)c1ccccc1C(=O)c1ccc(C)cc1. The molecule has 0 fully saturated rings. The minimum atomic E-state index is -0.690. The third kappa shape index (κ3) is 5.78. The number of rotatable bonds is 8. The molecular formula is C22H25NO4. The topological polar surface area (TPSA) is 72.5 Å². The summed E-state index contributed by atoms with van der Waals surface area (Å²) in [5, 5.41) is 2.77. The molecule has 0 unspecified atom stereocenters. The second kappa shape index (κ2) is 9.67. The Balaban J connectivity index is 2.08. The fourth-order valence-electron chi connectivity index (χ4n) is 2.75. The minimum absolute atomic E-state index is 0.0246. The fraction of sp³-hybridized carbons (Fsp3) is 0.318. The van der Waals surface area contributed by atoms with Gasteiger partial charge in [0.15, 0.2) is 12.4 Å². The van der Waals surface area contributed by atoms with E-state index in [4.69, 9.17) is 4.74 Å². The lowest BCUT2D eigenvalue weighted by molar-refractivity contribution is -0.124. The molecule has 2 aromatic carbocycles. The third-order valence-corrected chi connectivity index (χ3v) is 4.17. The van der Waals surface area contributed by atoms with E-state index in [1.807, 2.05) is 32.9 Å². The average Bonchev–Trinajstić information content (AvgIpc) is 2.66. The lowest BCUT2D eigenvalue weighted by atomic mass is 9.98. The van der Waals surface area contributed by atoms with Crippen molar-refractivity contribution in [1.82, 2.24) is 5.32 Å². The fourth-order valence-corrected chi connectivity index (χ4v) is 2.75. The van der Waals surface area contributed by atoms with Crippen molar-refractivity contribution < 1.29 is 19.1 Å². The van der Waals surface area contributed by atoms with Crippen molar-refractivity contribution in [3.8, 4) is 0 Å². The number of hydrogen-bond acceptors (Lipinski definition) is 4. The molecule has 0 saturated heterocycles. The van der Waals surface area contributed by atoms with Crippen molar-refractivity contribution in [2.24, 2.45) is 0 Å². The number of benzene rings is 2. The Bertz CT molecular complexity index is 811. The predicted molar refractivity (Wildman–Crippen MR) is 104 cm³/mol. The number of hydrogen-bond donors (Lipinski definition) is 1. The van der Waals surface area contributed by atoms with Gasteiger partial charge in [0.25, 0.3) is 5.91 Å². The summed E-state index contributed by atoms with van der Waals surface area (Å²) in [6.07, 6.45) is 1.81. The molecule has 2 rings (SSSR count). The number of aryl methyl sites for hydroxylation is 1. The van der Waals surface area contributed by atoms with Crippen molar-refractivity contribution >= 4 is 17.7 Å². The largest absolute Gasteiger partial charge is 0.452 e. The maximum atomic E-state index is 12.8. The van der Waals surface area contributed by atoms with Crippen LogP contribution in [0.25, 0.3) is 0 Å². The standard InChI is InChI=1S/C22H25NO4/c1-4-7-16(3)23-20(24)14-27-22(26)19-9-6-5-8-18(19)21(25)17-12-10-15(2)11-13-17/h5-6,8-13,16H,4,7,14H2,1-3H3,(H,23,24)/t16-/m1/s1. The van der Waals surface area contributed by atoms with E-state index in [0.29, 0.717) is 5.56 Å². The number of esters is 1. The van der Waals surface area contributed by atoms with Gasteiger partial charge in [-0.1, -0.05) is 61.4 Å². The molecule has 2 aromatic rings. The summed E-state index contributed by atoms with van der Waals surface area (Å²) in [5.41, 5.74) is 1.94. The molecule has 0 aromatic heterocycles. The molecule has 0 saturated carbocycles. The van der Waals surface area contributed by atoms with E-state index >= 15 is 0 Å². The molecule has 0 heterocycles. The highest BCUT2D eigenvalue weighted by Gasteiger charge is 2.20. The lowest BCUT2D eigenvalue weighted by Gasteiger charge is -2.13. The Labute approximate surface area is 159 Å². The molecule has 27 heavy (non-hydrogen) atoms. The minimum Gasteiger partial charge on any atom is -0.452 e. The molecule has 0 aliphatic heterocycles. The van der Waals surface area contributed by atoms with Crippen LogP contribution >= 0.6 is 0 Å². The molecule has 1 N–H and O–H groups in total. The van der Waals surface area contributed by atoms with Crippen LogP contribution < -0.4 is 5.32 Å². The first-order valence-electron chi connectivity index (χ1n) is 9.09. The van der Waals surface area contributed by atoms with E-state index < -0.39 is 5.97 Å². The van der Waals surface area contributed by atoms with Crippen LogP contribution in [0.1, 0.15) is 58.5 Å². The molecule has 142 valence electrons. The summed E-state index contributed by atoms with van der Waals surface area (Å²) in [6, 6.07) is 13.6. The molecule has 0 spiro atoms. The van der Waals surface area contributed by atoms with Crippen LogP contribution in [0, 0.1) is 6.92 Å². The normalized spacial score (nSPS) is 11.5. The molecule has 0 aliphatic rings. The van der Waals surface area contributed by atoms with Gasteiger partial charge in [-0.2, -0.15) is 0 Å². The van der Waals surface area contributed by atoms with Gasteiger partial charge in [0.2, 0.25) is 0 Å². The number of ketones is 1. The van der Waals surface area contributed by atoms with Crippen LogP contribution in [-0.2, 0) is 9.53 Å². The molecule has 0 bridgehead atoms. The number of nitrogens with one attached hydrogen (secondary N) is 1. The molecular weight excluding hydrogens is 342 g/mol. The van der Waals surface area contributed by atoms with Crippen LogP contribution in [0.3, 0.4) is 0 Å². The van der Waals surface area contributed by atoms with E-state index in [1.54, 1.807) is 30.3 Å². The van der Waals surface area contributed by atoms with Gasteiger partial charge in [-0.25, -0.2) is 4.79 Å². The molecule has 0 radical (unpaired) electrons. The van der Waals surface area contributed by atoms with Gasteiger partial charge < -0.3 is 10.1 Å². The number of carbonyl (C=O) groups excluding carboxylic acids is 3. The first kappa shape index (κ1) is 20.4. The maximum absolute atomic E-state index is 12.8. The van der Waals surface area contributed by atoms with Crippen LogP contribution in [0.5, 0.6) is 0 Å². The second-order valence-corrected chi connectivity index (χ2v) is 6.57. The van der Waals surface area contributed by atoms with Crippen LogP contribution in [0.4, 0.5) is 0 Å². The second-order valence-electron chi connectivity index (χ2n) is 6.57. The van der Waals surface area contributed by atoms with Gasteiger partial charge in [0.05, 0.1) is 5.56 Å². The summed E-state index contributed by atoms with van der Waals surface area (Å²) < 4.78 is 5.11. The third-order valence-electron chi connectivity index (χ3n) is 4.17. The van der Waals surface area contributed by atoms with E-state index in [2.05, 4.69) is 5.32 Å². The Kier molecular flexibility index (Phi) is 7.29. The summed E-state index contributed by atoms with van der Waals surface area (Å²) in [6.45, 7) is 5.50. The summed E-state index contributed by atoms with van der Waals surface area (Å²) in [5.74, 6) is -1.31. The highest BCUT2D eigenvalue weighted by Crippen LogP contribution is 2.16. The van der Waals surface area contributed by atoms with Crippen molar-refractivity contribution in [1.29, 1.82) is 0 Å². The van der Waals surface area contributed by atoms with Crippen LogP contribution in [0.2, 0.25) is 0 Å². The zero-order valence-electron chi connectivity index (χ0n) is 16.0. The average molecular weight is 367 g/mol. The Morgan fingerprint density at radius 1 is 1.00 bits per heavy atom. The Morgan fingerprint density at radius 3 is 2.26 bits per heavy atom. The van der Waals surface area contributed by atoms with Crippen molar-refractivity contribution in [2.45, 2.75) is 39.7 Å². The van der Waals surface area contributed by atoms with Gasteiger partial charge in [-0.3, -0.25) is 9.59 Å². The zero-order chi connectivity index (χ0) is 19.8. The molecule has 1 amide bonds. The van der Waals surface area contributed by atoms with E-state index in [-0.39, 0.29) is 35.5 Å². The summed E-state index contributed by atoms with van der Waals surface area (Å²) in [4.78, 5) is 37.0. The van der Waals surface area contributed by atoms with E-state index in [9.17, 15) is 14.4 Å². The number of ether oxygens (including phenoxy) is 1. The highest BCUT2D eigenvalue weighted by molar-refractivity contribution is 6.14. The highest BCUT2D eigenvalue weighted by atomic mass is 16.5. The maximum Gasteiger partial charge on any atom is 0.339 e. The Hall–Kier alpha value is -2.95. The van der Waals surface area contributed by atoms with E-state index in [1.165, 1.54) is 6.07 Å². The lowest BCUT2D eigenvalue weighted by Crippen LogP contribution is -2.35. The zero-order valence-corrected chi connectivity index (χ0v) is 16.0. The van der Waals surface area contributed by atoms with Crippen LogP contribution in [-0.4, -0.2) is 30.3 Å². The smallest absolute Gasteiger partial charge is 0.339 e. The van der Waals surface area contributed by atoms with Crippen molar-refractivity contribution in [3.63, 3.8) is 0 Å². The monoisotopic (exact) mass is 367 g/mol. The first-order chi connectivity index (χ1) is 12.9. The number of carbonyl (C=O) groups is 3. The van der Waals surface area contributed by atoms with Gasteiger partial charge in [0.1, 0.15) is 0 Å². The summed E-state index contributed by atoms with van der Waals surface area (Å²) >= 11 is 0. The molecule has 0 aliphatic carbocycles. The molecule has 5 nitrogen and oxygen atoms in total. The van der Waals surface area contributed by atoms with Gasteiger partial charge in [-0.05, 0) is 26.3 Å². The first-order valence-corrected chi connectivity index (χ1v) is 9.09. The van der Waals surface area contributed by atoms with E-state index in [0.717, 1.165) is 18.4 Å².